The second-order valence-corrected chi connectivity index (χ2v) is 12.0. The van der Waals surface area contributed by atoms with Crippen molar-refractivity contribution in [2.24, 2.45) is 0 Å². The summed E-state index contributed by atoms with van der Waals surface area (Å²) in [6, 6.07) is 9.81. The number of rotatable bonds is 9. The van der Waals surface area contributed by atoms with Crippen LogP contribution in [0.5, 0.6) is 0 Å². The molecule has 12 heteroatoms. The van der Waals surface area contributed by atoms with Crippen LogP contribution in [0.1, 0.15) is 48.4 Å². The van der Waals surface area contributed by atoms with Crippen LogP contribution in [0.3, 0.4) is 0 Å². The average molecular weight is 558 g/mol. The molecule has 11 nitrogen and oxygen atoms in total. The molecule has 1 N–H and O–H groups in total. The standard InChI is InChI=1S/C27H35N5O6S/c1-18(2)25-24-22(19-4-6-20(7-5-19)31-9-12-37-13-10-31)16-23(27(33)30-39(34,35)15-14-36-3)28-26(24)32(29-25)21-8-11-38-17-21/h4-7,16,18,21H,8-15,17H2,1-3H3,(H,30,33). The first-order valence-electron chi connectivity index (χ1n) is 13.2. The molecule has 0 saturated carbocycles. The molecule has 4 heterocycles. The third-order valence-electron chi connectivity index (χ3n) is 7.08. The first-order valence-corrected chi connectivity index (χ1v) is 14.9. The van der Waals surface area contributed by atoms with Gasteiger partial charge in [-0.3, -0.25) is 4.79 Å². The number of benzene rings is 1. The van der Waals surface area contributed by atoms with Crippen LogP contribution < -0.4 is 9.62 Å². The van der Waals surface area contributed by atoms with Crippen molar-refractivity contribution in [1.29, 1.82) is 0 Å². The summed E-state index contributed by atoms with van der Waals surface area (Å²) in [4.78, 5) is 20.2. The van der Waals surface area contributed by atoms with Crippen molar-refractivity contribution >= 4 is 32.7 Å². The average Bonchev–Trinajstić information content (AvgIpc) is 3.60. The molecular formula is C27H35N5O6S. The van der Waals surface area contributed by atoms with Gasteiger partial charge in [0.05, 0.1) is 49.3 Å². The summed E-state index contributed by atoms with van der Waals surface area (Å²) in [5.74, 6) is -1.03. The van der Waals surface area contributed by atoms with Crippen molar-refractivity contribution in [3.8, 4) is 11.1 Å². The summed E-state index contributed by atoms with van der Waals surface area (Å²) in [5.41, 5.74) is 4.19. The topological polar surface area (TPSA) is 125 Å². The minimum absolute atomic E-state index is 0.00567. The van der Waals surface area contributed by atoms with Gasteiger partial charge in [-0.1, -0.05) is 26.0 Å². The Labute approximate surface area is 228 Å². The van der Waals surface area contributed by atoms with Gasteiger partial charge in [-0.2, -0.15) is 5.10 Å². The number of amides is 1. The van der Waals surface area contributed by atoms with E-state index in [0.717, 1.165) is 47.4 Å². The Hall–Kier alpha value is -3.06. The molecule has 0 spiro atoms. The van der Waals surface area contributed by atoms with Gasteiger partial charge in [-0.25, -0.2) is 22.8 Å². The number of carbonyl (C=O) groups is 1. The number of sulfonamides is 1. The minimum atomic E-state index is -3.90. The Kier molecular flexibility index (Phi) is 8.17. The number of carbonyl (C=O) groups excluding carboxylic acids is 1. The first kappa shape index (κ1) is 27.5. The summed E-state index contributed by atoms with van der Waals surface area (Å²) in [6.07, 6.45) is 0.779. The van der Waals surface area contributed by atoms with Crippen LogP contribution in [-0.2, 0) is 24.2 Å². The van der Waals surface area contributed by atoms with Gasteiger partial charge in [-0.05, 0) is 41.7 Å². The van der Waals surface area contributed by atoms with E-state index < -0.39 is 15.9 Å². The summed E-state index contributed by atoms with van der Waals surface area (Å²) < 4.78 is 44.9. The fourth-order valence-electron chi connectivity index (χ4n) is 4.99. The van der Waals surface area contributed by atoms with Gasteiger partial charge in [0.15, 0.2) is 5.65 Å². The fourth-order valence-corrected chi connectivity index (χ4v) is 5.87. The lowest BCUT2D eigenvalue weighted by Crippen LogP contribution is -2.36. The zero-order valence-electron chi connectivity index (χ0n) is 22.6. The monoisotopic (exact) mass is 557 g/mol. The molecule has 3 aromatic rings. The molecule has 2 aliphatic rings. The molecule has 5 rings (SSSR count). The minimum Gasteiger partial charge on any atom is -0.384 e. The van der Waals surface area contributed by atoms with E-state index in [1.54, 1.807) is 6.07 Å². The number of fused-ring (bicyclic) bond motifs is 1. The molecule has 2 aromatic heterocycles. The molecule has 0 aliphatic carbocycles. The highest BCUT2D eigenvalue weighted by atomic mass is 32.2. The lowest BCUT2D eigenvalue weighted by molar-refractivity contribution is 0.0976. The Morgan fingerprint density at radius 1 is 1.15 bits per heavy atom. The van der Waals surface area contributed by atoms with Crippen molar-refractivity contribution in [3.63, 3.8) is 0 Å². The van der Waals surface area contributed by atoms with Crippen LogP contribution in [0.4, 0.5) is 5.69 Å². The maximum Gasteiger partial charge on any atom is 0.283 e. The van der Waals surface area contributed by atoms with Crippen LogP contribution in [-0.4, -0.2) is 88.1 Å². The quantitative estimate of drug-likeness (QED) is 0.423. The fraction of sp³-hybridized carbons (Fsp3) is 0.519. The normalized spacial score (nSPS) is 18.3. The Morgan fingerprint density at radius 2 is 1.90 bits per heavy atom. The smallest absolute Gasteiger partial charge is 0.283 e. The van der Waals surface area contributed by atoms with Gasteiger partial charge in [-0.15, -0.1) is 0 Å². The number of hydrogen-bond acceptors (Lipinski definition) is 9. The van der Waals surface area contributed by atoms with E-state index in [1.165, 1.54) is 7.11 Å². The zero-order valence-corrected chi connectivity index (χ0v) is 23.4. The molecule has 0 radical (unpaired) electrons. The molecule has 1 aromatic carbocycles. The second-order valence-electron chi connectivity index (χ2n) is 10.1. The molecular weight excluding hydrogens is 522 g/mol. The van der Waals surface area contributed by atoms with E-state index in [4.69, 9.17) is 19.3 Å². The van der Waals surface area contributed by atoms with Gasteiger partial charge < -0.3 is 19.1 Å². The maximum absolute atomic E-state index is 13.2. The van der Waals surface area contributed by atoms with Gasteiger partial charge >= 0.3 is 0 Å². The molecule has 1 unspecified atom stereocenters. The molecule has 2 aliphatic heterocycles. The maximum atomic E-state index is 13.2. The summed E-state index contributed by atoms with van der Waals surface area (Å²) >= 11 is 0. The largest absolute Gasteiger partial charge is 0.384 e. The SMILES string of the molecule is COCCS(=O)(=O)NC(=O)c1cc(-c2ccc(N3CCOCC3)cc2)c2c(C(C)C)nn(C3CCOC3)c2n1. The van der Waals surface area contributed by atoms with Crippen LogP contribution in [0, 0.1) is 0 Å². The molecule has 0 bridgehead atoms. The highest BCUT2D eigenvalue weighted by Crippen LogP contribution is 2.37. The predicted octanol–water partition coefficient (Wildman–Crippen LogP) is 2.73. The second kappa shape index (κ2) is 11.6. The van der Waals surface area contributed by atoms with Crippen LogP contribution in [0.2, 0.25) is 0 Å². The Bertz CT molecular complexity index is 1430. The van der Waals surface area contributed by atoms with E-state index >= 15 is 0 Å². The van der Waals surface area contributed by atoms with Gasteiger partial charge in [0, 0.05) is 32.5 Å². The van der Waals surface area contributed by atoms with E-state index in [1.807, 2.05) is 16.8 Å². The number of aromatic nitrogens is 3. The van der Waals surface area contributed by atoms with Gasteiger partial charge in [0.1, 0.15) is 5.69 Å². The molecule has 1 amide bonds. The lowest BCUT2D eigenvalue weighted by Gasteiger charge is -2.29. The number of anilines is 1. The van der Waals surface area contributed by atoms with Crippen molar-refractivity contribution in [3.05, 3.63) is 41.7 Å². The number of hydrogen-bond donors (Lipinski definition) is 1. The van der Waals surface area contributed by atoms with Crippen LogP contribution >= 0.6 is 0 Å². The highest BCUT2D eigenvalue weighted by molar-refractivity contribution is 7.90. The zero-order chi connectivity index (χ0) is 27.6. The van der Waals surface area contributed by atoms with Crippen molar-refractivity contribution in [2.45, 2.75) is 32.2 Å². The van der Waals surface area contributed by atoms with Crippen LogP contribution in [0.25, 0.3) is 22.2 Å². The number of nitrogens with zero attached hydrogens (tertiary/aromatic N) is 4. The number of morpholine rings is 1. The number of nitrogens with one attached hydrogen (secondary N) is 1. The van der Waals surface area contributed by atoms with E-state index in [2.05, 4.69) is 40.6 Å². The molecule has 210 valence electrons. The number of methoxy groups -OCH3 is 1. The molecule has 39 heavy (non-hydrogen) atoms. The Morgan fingerprint density at radius 3 is 2.54 bits per heavy atom. The number of ether oxygens (including phenoxy) is 3. The van der Waals surface area contributed by atoms with E-state index in [9.17, 15) is 13.2 Å². The lowest BCUT2D eigenvalue weighted by atomic mass is 9.97. The van der Waals surface area contributed by atoms with Crippen molar-refractivity contribution in [1.82, 2.24) is 19.5 Å². The first-order chi connectivity index (χ1) is 18.8. The predicted molar refractivity (Wildman–Crippen MR) is 148 cm³/mol. The van der Waals surface area contributed by atoms with E-state index in [0.29, 0.717) is 32.1 Å². The van der Waals surface area contributed by atoms with Gasteiger partial charge in [0.2, 0.25) is 10.0 Å². The van der Waals surface area contributed by atoms with Crippen molar-refractivity contribution < 1.29 is 27.4 Å². The molecule has 2 saturated heterocycles. The summed E-state index contributed by atoms with van der Waals surface area (Å²) in [5, 5.41) is 5.81. The highest BCUT2D eigenvalue weighted by Gasteiger charge is 2.28. The third-order valence-corrected chi connectivity index (χ3v) is 8.28. The molecule has 2 fully saturated rings. The summed E-state index contributed by atoms with van der Waals surface area (Å²) in [7, 11) is -2.49. The summed E-state index contributed by atoms with van der Waals surface area (Å²) in [6.45, 7) is 8.29. The van der Waals surface area contributed by atoms with Crippen molar-refractivity contribution in [2.75, 3.05) is 63.9 Å². The van der Waals surface area contributed by atoms with Crippen LogP contribution in [0.15, 0.2) is 30.3 Å². The third kappa shape index (κ3) is 5.93. The van der Waals surface area contributed by atoms with Gasteiger partial charge in [0.25, 0.3) is 5.91 Å². The van der Waals surface area contributed by atoms with E-state index in [-0.39, 0.29) is 30.0 Å². The number of pyridine rings is 1. The molecule has 1 atom stereocenters. The Balaban J connectivity index is 1.63.